The van der Waals surface area contributed by atoms with E-state index in [0.29, 0.717) is 5.54 Å². The molecule has 1 rings (SSSR count). The predicted molar refractivity (Wildman–Crippen MR) is 70.4 cm³/mol. The highest BCUT2D eigenvalue weighted by atomic mass is 79.9. The first-order chi connectivity index (χ1) is 7.12. The average Bonchev–Trinajstić information content (AvgIpc) is 2.40. The van der Waals surface area contributed by atoms with Crippen LogP contribution in [0.3, 0.4) is 0 Å². The van der Waals surface area contributed by atoms with E-state index in [4.69, 9.17) is 0 Å². The molecular weight excluding hydrogens is 252 g/mol. The predicted octanol–water partition coefficient (Wildman–Crippen LogP) is 2.75. The summed E-state index contributed by atoms with van der Waals surface area (Å²) in [5.74, 6) is 0. The van der Waals surface area contributed by atoms with E-state index in [2.05, 4.69) is 46.6 Å². The molecule has 0 aromatic rings. The summed E-state index contributed by atoms with van der Waals surface area (Å²) in [5, 5.41) is 3.71. The molecule has 1 aliphatic rings. The molecule has 88 valence electrons. The summed E-state index contributed by atoms with van der Waals surface area (Å²) in [5.41, 5.74) is 0.318. The van der Waals surface area contributed by atoms with E-state index in [1.54, 1.807) is 0 Å². The fraction of sp³-hybridized carbons (Fsp3) is 0.833. The highest BCUT2D eigenvalue weighted by Crippen LogP contribution is 2.20. The largest absolute Gasteiger partial charge is 0.310 e. The molecule has 1 saturated heterocycles. The van der Waals surface area contributed by atoms with Crippen LogP contribution in [0.15, 0.2) is 11.1 Å². The molecule has 0 bridgehead atoms. The second-order valence-electron chi connectivity index (χ2n) is 4.50. The molecule has 3 heteroatoms. The molecule has 15 heavy (non-hydrogen) atoms. The van der Waals surface area contributed by atoms with E-state index in [1.807, 2.05) is 0 Å². The third kappa shape index (κ3) is 3.89. The van der Waals surface area contributed by atoms with E-state index >= 15 is 0 Å². The second-order valence-corrected chi connectivity index (χ2v) is 5.62. The van der Waals surface area contributed by atoms with Crippen molar-refractivity contribution >= 4 is 15.9 Å². The summed E-state index contributed by atoms with van der Waals surface area (Å²) in [6.07, 6.45) is 3.64. The van der Waals surface area contributed by atoms with Crippen molar-refractivity contribution in [3.8, 4) is 0 Å². The fourth-order valence-electron chi connectivity index (χ4n) is 2.32. The fourth-order valence-corrected chi connectivity index (χ4v) is 2.68. The topological polar surface area (TPSA) is 15.3 Å². The molecule has 0 spiro atoms. The Morgan fingerprint density at radius 1 is 1.47 bits per heavy atom. The van der Waals surface area contributed by atoms with Gasteiger partial charge in [-0.1, -0.05) is 36.4 Å². The first-order valence-electron chi connectivity index (χ1n) is 5.92. The van der Waals surface area contributed by atoms with Crippen molar-refractivity contribution in [3.63, 3.8) is 0 Å². The van der Waals surface area contributed by atoms with Gasteiger partial charge in [-0.15, -0.1) is 0 Å². The van der Waals surface area contributed by atoms with Gasteiger partial charge in [-0.2, -0.15) is 0 Å². The van der Waals surface area contributed by atoms with E-state index in [0.717, 1.165) is 24.1 Å². The normalized spacial score (nSPS) is 22.3. The van der Waals surface area contributed by atoms with Crippen LogP contribution in [-0.2, 0) is 0 Å². The SMILES string of the molecule is C=C(Br)CN1CCCNC(CC)(CC)C1. The Bertz CT molecular complexity index is 212. The van der Waals surface area contributed by atoms with Crippen molar-refractivity contribution in [2.24, 2.45) is 0 Å². The molecule has 0 aromatic carbocycles. The number of rotatable bonds is 4. The number of halogens is 1. The lowest BCUT2D eigenvalue weighted by Gasteiger charge is -2.35. The van der Waals surface area contributed by atoms with Crippen LogP contribution in [-0.4, -0.2) is 36.6 Å². The maximum Gasteiger partial charge on any atom is 0.0303 e. The van der Waals surface area contributed by atoms with Crippen LogP contribution in [0.25, 0.3) is 0 Å². The van der Waals surface area contributed by atoms with E-state index in [1.165, 1.54) is 25.8 Å². The molecule has 2 nitrogen and oxygen atoms in total. The zero-order valence-electron chi connectivity index (χ0n) is 9.98. The molecule has 1 heterocycles. The van der Waals surface area contributed by atoms with Crippen molar-refractivity contribution in [1.29, 1.82) is 0 Å². The maximum atomic E-state index is 3.93. The molecule has 1 N–H and O–H groups in total. The first-order valence-corrected chi connectivity index (χ1v) is 6.72. The summed E-state index contributed by atoms with van der Waals surface area (Å²) in [6, 6.07) is 0. The Hall–Kier alpha value is 0.140. The number of nitrogens with one attached hydrogen (secondary N) is 1. The lowest BCUT2D eigenvalue weighted by Crippen LogP contribution is -2.50. The highest BCUT2D eigenvalue weighted by molar-refractivity contribution is 9.11. The van der Waals surface area contributed by atoms with Gasteiger partial charge < -0.3 is 5.32 Å². The Morgan fingerprint density at radius 2 is 2.13 bits per heavy atom. The third-order valence-electron chi connectivity index (χ3n) is 3.43. The highest BCUT2D eigenvalue weighted by Gasteiger charge is 2.29. The summed E-state index contributed by atoms with van der Waals surface area (Å²) < 4.78 is 1.09. The van der Waals surface area contributed by atoms with Gasteiger partial charge in [-0.25, -0.2) is 0 Å². The van der Waals surface area contributed by atoms with Crippen molar-refractivity contribution in [2.75, 3.05) is 26.2 Å². The summed E-state index contributed by atoms with van der Waals surface area (Å²) in [6.45, 7) is 12.9. The van der Waals surface area contributed by atoms with E-state index in [-0.39, 0.29) is 0 Å². The molecular formula is C12H23BrN2. The van der Waals surface area contributed by atoms with E-state index < -0.39 is 0 Å². The van der Waals surface area contributed by atoms with Gasteiger partial charge in [-0.05, 0) is 32.4 Å². The minimum absolute atomic E-state index is 0.318. The van der Waals surface area contributed by atoms with Crippen LogP contribution >= 0.6 is 15.9 Å². The summed E-state index contributed by atoms with van der Waals surface area (Å²) in [7, 11) is 0. The maximum absolute atomic E-state index is 3.93. The molecule has 0 unspecified atom stereocenters. The van der Waals surface area contributed by atoms with Crippen molar-refractivity contribution < 1.29 is 0 Å². The number of hydrogen-bond acceptors (Lipinski definition) is 2. The third-order valence-corrected chi connectivity index (χ3v) is 3.68. The first kappa shape index (κ1) is 13.2. The van der Waals surface area contributed by atoms with Gasteiger partial charge >= 0.3 is 0 Å². The summed E-state index contributed by atoms with van der Waals surface area (Å²) >= 11 is 3.46. The molecule has 0 aliphatic carbocycles. The van der Waals surface area contributed by atoms with Crippen molar-refractivity contribution in [1.82, 2.24) is 10.2 Å². The molecule has 1 fully saturated rings. The van der Waals surface area contributed by atoms with Gasteiger partial charge in [0, 0.05) is 23.1 Å². The van der Waals surface area contributed by atoms with Gasteiger partial charge in [0.1, 0.15) is 0 Å². The Labute approximate surface area is 102 Å². The van der Waals surface area contributed by atoms with Crippen LogP contribution in [0.1, 0.15) is 33.1 Å². The van der Waals surface area contributed by atoms with E-state index in [9.17, 15) is 0 Å². The standard InChI is InChI=1S/C12H23BrN2/c1-4-12(5-2)10-15(9-11(3)13)8-6-7-14-12/h14H,3-10H2,1-2H3. The zero-order chi connectivity index (χ0) is 11.3. The van der Waals surface area contributed by atoms with Gasteiger partial charge in [-0.3, -0.25) is 4.90 Å². The van der Waals surface area contributed by atoms with Gasteiger partial charge in [0.2, 0.25) is 0 Å². The molecule has 0 atom stereocenters. The lowest BCUT2D eigenvalue weighted by molar-refractivity contribution is 0.211. The average molecular weight is 275 g/mol. The molecule has 0 saturated carbocycles. The molecule has 0 radical (unpaired) electrons. The van der Waals surface area contributed by atoms with Gasteiger partial charge in [0.25, 0.3) is 0 Å². The van der Waals surface area contributed by atoms with Crippen molar-refractivity contribution in [2.45, 2.75) is 38.6 Å². The Balaban J connectivity index is 2.63. The van der Waals surface area contributed by atoms with Crippen molar-refractivity contribution in [3.05, 3.63) is 11.1 Å². The quantitative estimate of drug-likeness (QED) is 0.848. The Morgan fingerprint density at radius 3 is 2.67 bits per heavy atom. The number of hydrogen-bond donors (Lipinski definition) is 1. The monoisotopic (exact) mass is 274 g/mol. The smallest absolute Gasteiger partial charge is 0.0303 e. The van der Waals surface area contributed by atoms with Gasteiger partial charge in [0.15, 0.2) is 0 Å². The molecule has 0 aromatic heterocycles. The van der Waals surface area contributed by atoms with Gasteiger partial charge in [0.05, 0.1) is 0 Å². The van der Waals surface area contributed by atoms with Crippen LogP contribution in [0.4, 0.5) is 0 Å². The minimum atomic E-state index is 0.318. The summed E-state index contributed by atoms with van der Waals surface area (Å²) in [4.78, 5) is 2.50. The second kappa shape index (κ2) is 6.02. The van der Waals surface area contributed by atoms with Crippen LogP contribution in [0.2, 0.25) is 0 Å². The van der Waals surface area contributed by atoms with Crippen LogP contribution in [0, 0.1) is 0 Å². The number of nitrogens with zero attached hydrogens (tertiary/aromatic N) is 1. The Kier molecular flexibility index (Phi) is 5.30. The molecule has 1 aliphatic heterocycles. The minimum Gasteiger partial charge on any atom is -0.310 e. The van der Waals surface area contributed by atoms with Crippen LogP contribution < -0.4 is 5.32 Å². The lowest BCUT2D eigenvalue weighted by atomic mass is 9.92. The molecule has 0 amide bonds. The van der Waals surface area contributed by atoms with Crippen LogP contribution in [0.5, 0.6) is 0 Å². The zero-order valence-corrected chi connectivity index (χ0v) is 11.6.